The van der Waals surface area contributed by atoms with Crippen LogP contribution in [0, 0.1) is 0 Å². The predicted octanol–water partition coefficient (Wildman–Crippen LogP) is 6.28. The normalized spacial score (nSPS) is 11.9. The van der Waals surface area contributed by atoms with Crippen LogP contribution in [0.1, 0.15) is 31.4 Å². The number of carbonyl (C=O) groups is 1. The van der Waals surface area contributed by atoms with Gasteiger partial charge in [-0.05, 0) is 86.7 Å². The maximum atomic E-state index is 10.9. The van der Waals surface area contributed by atoms with Crippen LogP contribution in [-0.4, -0.2) is 17.1 Å². The average Bonchev–Trinajstić information content (AvgIpc) is 2.52. The number of ether oxygens (including phenoxy) is 1. The van der Waals surface area contributed by atoms with Gasteiger partial charge in [-0.2, -0.15) is 0 Å². The second-order valence-electron chi connectivity index (χ2n) is 6.05. The summed E-state index contributed by atoms with van der Waals surface area (Å²) in [5.74, 6) is -0.256. The lowest BCUT2D eigenvalue weighted by Gasteiger charge is -2.16. The van der Waals surface area contributed by atoms with Crippen molar-refractivity contribution in [1.82, 2.24) is 0 Å². The van der Waals surface area contributed by atoms with Crippen LogP contribution in [0.3, 0.4) is 0 Å². The van der Waals surface area contributed by atoms with Crippen molar-refractivity contribution < 1.29 is 14.6 Å². The molecule has 140 valence electrons. The Kier molecular flexibility index (Phi) is 7.80. The highest BCUT2D eigenvalue weighted by atomic mass is 79.9. The van der Waals surface area contributed by atoms with Gasteiger partial charge in [-0.3, -0.25) is 4.79 Å². The smallest absolute Gasteiger partial charge is 0.307 e. The lowest BCUT2D eigenvalue weighted by Crippen LogP contribution is -2.13. The molecule has 0 fully saturated rings. The van der Waals surface area contributed by atoms with Gasteiger partial charge in [0, 0.05) is 16.8 Å². The molecular formula is C19H20Br2ClNO3. The third-order valence-electron chi connectivity index (χ3n) is 3.78. The molecule has 1 atom stereocenters. The van der Waals surface area contributed by atoms with Crippen LogP contribution in [0.4, 0.5) is 5.69 Å². The molecule has 0 aromatic heterocycles. The molecule has 4 nitrogen and oxygen atoms in total. The summed E-state index contributed by atoms with van der Waals surface area (Å²) < 4.78 is 7.32. The van der Waals surface area contributed by atoms with E-state index in [1.54, 1.807) is 12.1 Å². The Bertz CT molecular complexity index is 775. The Morgan fingerprint density at radius 2 is 1.85 bits per heavy atom. The van der Waals surface area contributed by atoms with E-state index >= 15 is 0 Å². The Labute approximate surface area is 175 Å². The fraction of sp³-hybridized carbons (Fsp3) is 0.316. The summed E-state index contributed by atoms with van der Waals surface area (Å²) in [5, 5.41) is 13.0. The van der Waals surface area contributed by atoms with Gasteiger partial charge in [-0.15, -0.1) is 0 Å². The molecule has 0 heterocycles. The number of hydrogen-bond acceptors (Lipinski definition) is 3. The maximum Gasteiger partial charge on any atom is 0.307 e. The van der Waals surface area contributed by atoms with Gasteiger partial charge >= 0.3 is 5.97 Å². The number of nitrogens with one attached hydrogen (secondary N) is 1. The number of carboxylic acids is 1. The molecule has 0 aliphatic heterocycles. The van der Waals surface area contributed by atoms with Crippen LogP contribution in [0.25, 0.3) is 0 Å². The van der Waals surface area contributed by atoms with E-state index in [-0.39, 0.29) is 6.42 Å². The fourth-order valence-electron chi connectivity index (χ4n) is 2.39. The van der Waals surface area contributed by atoms with Crippen molar-refractivity contribution in [3.8, 4) is 5.75 Å². The number of aliphatic carboxylic acids is 1. The van der Waals surface area contributed by atoms with Crippen LogP contribution in [-0.2, 0) is 17.8 Å². The molecule has 1 unspecified atom stereocenters. The molecular weight excluding hydrogens is 485 g/mol. The number of anilines is 1. The third-order valence-corrected chi connectivity index (χ3v) is 5.18. The summed E-state index contributed by atoms with van der Waals surface area (Å²) in [7, 11) is 0. The zero-order chi connectivity index (χ0) is 19.3. The van der Waals surface area contributed by atoms with E-state index in [1.165, 1.54) is 0 Å². The van der Waals surface area contributed by atoms with Gasteiger partial charge in [0.25, 0.3) is 0 Å². The molecule has 2 aromatic rings. The van der Waals surface area contributed by atoms with E-state index in [1.807, 2.05) is 18.2 Å². The lowest BCUT2D eigenvalue weighted by atomic mass is 10.1. The Hall–Kier alpha value is -1.24. The molecule has 0 amide bonds. The number of halogens is 3. The quantitative estimate of drug-likeness (QED) is 0.443. The minimum Gasteiger partial charge on any atom is -0.487 e. The topological polar surface area (TPSA) is 58.6 Å². The largest absolute Gasteiger partial charge is 0.487 e. The monoisotopic (exact) mass is 503 g/mol. The van der Waals surface area contributed by atoms with Crippen LogP contribution in [0.15, 0.2) is 39.3 Å². The second-order valence-corrected chi connectivity index (χ2v) is 8.19. The van der Waals surface area contributed by atoms with Crippen LogP contribution >= 0.6 is 43.5 Å². The van der Waals surface area contributed by atoms with Crippen molar-refractivity contribution in [1.29, 1.82) is 0 Å². The van der Waals surface area contributed by atoms with Gasteiger partial charge < -0.3 is 15.2 Å². The molecule has 0 radical (unpaired) electrons. The van der Waals surface area contributed by atoms with Gasteiger partial charge in [0.05, 0.1) is 15.4 Å². The highest BCUT2D eigenvalue weighted by Crippen LogP contribution is 2.35. The van der Waals surface area contributed by atoms with Crippen molar-refractivity contribution in [3.63, 3.8) is 0 Å². The molecule has 0 bridgehead atoms. The highest BCUT2D eigenvalue weighted by molar-refractivity contribution is 9.11. The number of carboxylic acid groups (broad SMARTS) is 1. The van der Waals surface area contributed by atoms with Crippen molar-refractivity contribution >= 4 is 55.1 Å². The molecule has 2 aromatic carbocycles. The number of hydrogen-bond donors (Lipinski definition) is 2. The Balaban J connectivity index is 2.14. The molecule has 0 aliphatic rings. The third kappa shape index (κ3) is 6.18. The molecule has 0 saturated heterocycles. The van der Waals surface area contributed by atoms with Crippen LogP contribution in [0.5, 0.6) is 5.75 Å². The molecule has 7 heteroatoms. The van der Waals surface area contributed by atoms with Gasteiger partial charge in [0.15, 0.2) is 0 Å². The molecule has 2 rings (SSSR count). The van der Waals surface area contributed by atoms with E-state index in [2.05, 4.69) is 51.0 Å². The van der Waals surface area contributed by atoms with Crippen LogP contribution in [0.2, 0.25) is 5.02 Å². The number of rotatable bonds is 8. The molecule has 0 spiro atoms. The first-order valence-electron chi connectivity index (χ1n) is 8.17. The standard InChI is InChI=1S/C19H20Br2ClNO3/c1-3-11(2)23-15-5-13(4-14(22)9-15)10-26-19-16(20)6-12(7-17(19)21)8-18(24)25/h4-7,9,11,23H,3,8,10H2,1-2H3,(H,24,25). The van der Waals surface area contributed by atoms with Gasteiger partial charge in [-0.25, -0.2) is 0 Å². The van der Waals surface area contributed by atoms with Crippen molar-refractivity contribution in [2.45, 2.75) is 39.3 Å². The molecule has 0 saturated carbocycles. The lowest BCUT2D eigenvalue weighted by molar-refractivity contribution is -0.136. The Morgan fingerprint density at radius 3 is 2.42 bits per heavy atom. The van der Waals surface area contributed by atoms with E-state index in [4.69, 9.17) is 21.4 Å². The zero-order valence-electron chi connectivity index (χ0n) is 14.5. The maximum absolute atomic E-state index is 10.9. The highest BCUT2D eigenvalue weighted by Gasteiger charge is 2.12. The first kappa shape index (κ1) is 21.1. The van der Waals surface area contributed by atoms with Gasteiger partial charge in [-0.1, -0.05) is 18.5 Å². The minimum absolute atomic E-state index is 0.0452. The van der Waals surface area contributed by atoms with Crippen molar-refractivity contribution in [2.75, 3.05) is 5.32 Å². The van der Waals surface area contributed by atoms with E-state index in [0.717, 1.165) is 17.7 Å². The summed E-state index contributed by atoms with van der Waals surface area (Å²) in [4.78, 5) is 10.9. The molecule has 2 N–H and O–H groups in total. The first-order valence-corrected chi connectivity index (χ1v) is 10.1. The average molecular weight is 506 g/mol. The van der Waals surface area contributed by atoms with E-state index in [9.17, 15) is 4.79 Å². The Morgan fingerprint density at radius 1 is 1.19 bits per heavy atom. The molecule has 0 aliphatic carbocycles. The van der Waals surface area contributed by atoms with E-state index < -0.39 is 5.97 Å². The zero-order valence-corrected chi connectivity index (χ0v) is 18.4. The predicted molar refractivity (Wildman–Crippen MR) is 112 cm³/mol. The fourth-order valence-corrected chi connectivity index (χ4v) is 4.15. The van der Waals surface area contributed by atoms with Gasteiger partial charge in [0.2, 0.25) is 0 Å². The van der Waals surface area contributed by atoms with E-state index in [0.29, 0.717) is 37.9 Å². The second kappa shape index (κ2) is 9.62. The summed E-state index contributed by atoms with van der Waals surface area (Å²) in [6, 6.07) is 9.63. The minimum atomic E-state index is -0.877. The first-order chi connectivity index (χ1) is 12.3. The SMILES string of the molecule is CCC(C)Nc1cc(Cl)cc(COc2c(Br)cc(CC(=O)O)cc2Br)c1. The summed E-state index contributed by atoms with van der Waals surface area (Å²) in [6.45, 7) is 4.57. The summed E-state index contributed by atoms with van der Waals surface area (Å²) >= 11 is 13.1. The summed E-state index contributed by atoms with van der Waals surface area (Å²) in [6.07, 6.45) is 0.970. The summed E-state index contributed by atoms with van der Waals surface area (Å²) in [5.41, 5.74) is 2.59. The van der Waals surface area contributed by atoms with Crippen molar-refractivity contribution in [3.05, 3.63) is 55.4 Å². The van der Waals surface area contributed by atoms with Gasteiger partial charge in [0.1, 0.15) is 12.4 Å². The van der Waals surface area contributed by atoms with Crippen LogP contribution < -0.4 is 10.1 Å². The van der Waals surface area contributed by atoms with Crippen molar-refractivity contribution in [2.24, 2.45) is 0 Å². The number of benzene rings is 2. The molecule has 26 heavy (non-hydrogen) atoms.